The van der Waals surface area contributed by atoms with E-state index >= 15 is 0 Å². The Balaban J connectivity index is 1.32. The number of fused-ring (bicyclic) bond motifs is 10. The molecule has 0 aliphatic heterocycles. The van der Waals surface area contributed by atoms with E-state index in [1.165, 1.54) is 81.4 Å². The van der Waals surface area contributed by atoms with Crippen LogP contribution in [0.15, 0.2) is 133 Å². The van der Waals surface area contributed by atoms with Gasteiger partial charge >= 0.3 is 0 Å². The predicted molar refractivity (Wildman–Crippen MR) is 179 cm³/mol. The zero-order chi connectivity index (χ0) is 27.4. The molecule has 2 heterocycles. The third-order valence-electron chi connectivity index (χ3n) is 8.91. The summed E-state index contributed by atoms with van der Waals surface area (Å²) >= 11 is 1.80. The van der Waals surface area contributed by atoms with Crippen molar-refractivity contribution >= 4 is 65.5 Å². The SMILES string of the molecule is c1ccc(-c2nc3c(s2)-c2cccc4cc(-n5c6ccc7ccccc7c6c6c7ccccc7ccc65)cc-3c24)cc1. The van der Waals surface area contributed by atoms with E-state index in [1.807, 2.05) is 0 Å². The number of nitrogens with zero attached hydrogens (tertiary/aromatic N) is 2. The molecule has 42 heavy (non-hydrogen) atoms. The molecule has 0 saturated heterocycles. The summed E-state index contributed by atoms with van der Waals surface area (Å²) in [6, 6.07) is 48.6. The molecule has 0 atom stereocenters. The Morgan fingerprint density at radius 3 is 1.86 bits per heavy atom. The van der Waals surface area contributed by atoms with Crippen LogP contribution in [0, 0.1) is 0 Å². The van der Waals surface area contributed by atoms with Crippen LogP contribution in [0.4, 0.5) is 0 Å². The monoisotopic (exact) mass is 550 g/mol. The van der Waals surface area contributed by atoms with Gasteiger partial charge in [0.15, 0.2) is 0 Å². The van der Waals surface area contributed by atoms with Gasteiger partial charge < -0.3 is 4.57 Å². The minimum Gasteiger partial charge on any atom is -0.309 e. The van der Waals surface area contributed by atoms with E-state index in [4.69, 9.17) is 4.98 Å². The fraction of sp³-hybridized carbons (Fsp3) is 0. The normalized spacial score (nSPS) is 12.3. The Morgan fingerprint density at radius 1 is 0.500 bits per heavy atom. The van der Waals surface area contributed by atoms with E-state index in [0.29, 0.717) is 0 Å². The lowest BCUT2D eigenvalue weighted by atomic mass is 10.00. The largest absolute Gasteiger partial charge is 0.309 e. The van der Waals surface area contributed by atoms with Crippen molar-refractivity contribution in [2.24, 2.45) is 0 Å². The first-order valence-corrected chi connectivity index (χ1v) is 15.1. The van der Waals surface area contributed by atoms with Crippen LogP contribution in [0.1, 0.15) is 0 Å². The number of aromatic nitrogens is 2. The summed E-state index contributed by atoms with van der Waals surface area (Å²) in [7, 11) is 0. The minimum absolute atomic E-state index is 1.07. The topological polar surface area (TPSA) is 17.8 Å². The van der Waals surface area contributed by atoms with E-state index in [0.717, 1.165) is 10.7 Å². The van der Waals surface area contributed by atoms with Gasteiger partial charge in [-0.1, -0.05) is 109 Å². The van der Waals surface area contributed by atoms with Crippen molar-refractivity contribution in [3.8, 4) is 38.0 Å². The molecule has 7 aromatic carbocycles. The van der Waals surface area contributed by atoms with Crippen LogP contribution in [-0.2, 0) is 0 Å². The number of benzene rings is 7. The molecule has 0 unspecified atom stereocenters. The molecule has 9 aromatic rings. The Morgan fingerprint density at radius 2 is 1.14 bits per heavy atom. The molecule has 0 spiro atoms. The smallest absolute Gasteiger partial charge is 0.124 e. The lowest BCUT2D eigenvalue weighted by Crippen LogP contribution is -1.95. The number of thiazole rings is 1. The van der Waals surface area contributed by atoms with Crippen LogP contribution >= 0.6 is 11.3 Å². The van der Waals surface area contributed by atoms with E-state index < -0.39 is 0 Å². The number of hydrogen-bond acceptors (Lipinski definition) is 2. The van der Waals surface area contributed by atoms with Gasteiger partial charge in [-0.2, -0.15) is 0 Å². The second-order valence-corrected chi connectivity index (χ2v) is 12.2. The lowest BCUT2D eigenvalue weighted by molar-refractivity contribution is 1.19. The molecule has 0 bridgehead atoms. The van der Waals surface area contributed by atoms with Crippen molar-refractivity contribution in [1.29, 1.82) is 0 Å². The Kier molecular flexibility index (Phi) is 4.36. The van der Waals surface area contributed by atoms with E-state index in [1.54, 1.807) is 11.3 Å². The zero-order valence-corrected chi connectivity index (χ0v) is 23.3. The van der Waals surface area contributed by atoms with Gasteiger partial charge in [-0.05, 0) is 56.6 Å². The summed E-state index contributed by atoms with van der Waals surface area (Å²) in [6.45, 7) is 0. The third-order valence-corrected chi connectivity index (χ3v) is 10.1. The summed E-state index contributed by atoms with van der Waals surface area (Å²) in [5, 5.41) is 11.4. The molecule has 1 aliphatic rings. The number of rotatable bonds is 2. The van der Waals surface area contributed by atoms with Crippen LogP contribution in [-0.4, -0.2) is 9.55 Å². The minimum atomic E-state index is 1.07. The molecule has 194 valence electrons. The molecule has 0 radical (unpaired) electrons. The van der Waals surface area contributed by atoms with Crippen LogP contribution in [0.3, 0.4) is 0 Å². The highest BCUT2D eigenvalue weighted by Crippen LogP contribution is 2.52. The summed E-state index contributed by atoms with van der Waals surface area (Å²) in [5.74, 6) is 0. The molecule has 0 N–H and O–H groups in total. The van der Waals surface area contributed by atoms with Gasteiger partial charge in [-0.25, -0.2) is 4.98 Å². The molecular weight excluding hydrogens is 529 g/mol. The van der Waals surface area contributed by atoms with Crippen LogP contribution in [0.25, 0.3) is 92.1 Å². The average Bonchev–Trinajstić information content (AvgIpc) is 3.72. The molecule has 0 amide bonds. The van der Waals surface area contributed by atoms with E-state index in [9.17, 15) is 0 Å². The first kappa shape index (κ1) is 22.4. The van der Waals surface area contributed by atoms with Crippen molar-refractivity contribution < 1.29 is 0 Å². The van der Waals surface area contributed by atoms with Crippen molar-refractivity contribution in [3.05, 3.63) is 133 Å². The van der Waals surface area contributed by atoms with E-state index in [-0.39, 0.29) is 0 Å². The summed E-state index contributed by atoms with van der Waals surface area (Å²) < 4.78 is 2.47. The van der Waals surface area contributed by atoms with Crippen LogP contribution in [0.5, 0.6) is 0 Å². The van der Waals surface area contributed by atoms with Gasteiger partial charge in [0, 0.05) is 33.2 Å². The van der Waals surface area contributed by atoms with Crippen molar-refractivity contribution in [3.63, 3.8) is 0 Å². The lowest BCUT2D eigenvalue weighted by Gasteiger charge is -2.12. The molecule has 2 nitrogen and oxygen atoms in total. The number of hydrogen-bond donors (Lipinski definition) is 0. The maximum absolute atomic E-state index is 5.24. The van der Waals surface area contributed by atoms with Gasteiger partial charge in [-0.3, -0.25) is 0 Å². The molecule has 0 saturated carbocycles. The van der Waals surface area contributed by atoms with Gasteiger partial charge in [0.1, 0.15) is 5.01 Å². The zero-order valence-electron chi connectivity index (χ0n) is 22.5. The molecular formula is C39H22N2S. The summed E-state index contributed by atoms with van der Waals surface area (Å²) in [4.78, 5) is 6.51. The standard InChI is InChI=1S/C39H22N2S/c1-2-11-25(12-3-1)39-40-37-31-22-27(21-26-13-8-16-30(34(26)31)38(37)42-39)41-32-19-17-23-9-4-6-14-28(23)35(32)36-29-15-7-5-10-24(29)18-20-33(36)41/h1-22H. The van der Waals surface area contributed by atoms with Crippen LogP contribution < -0.4 is 0 Å². The van der Waals surface area contributed by atoms with E-state index in [2.05, 4.69) is 138 Å². The van der Waals surface area contributed by atoms with Gasteiger partial charge in [0.2, 0.25) is 0 Å². The highest BCUT2D eigenvalue weighted by atomic mass is 32.1. The summed E-state index contributed by atoms with van der Waals surface area (Å²) in [5.41, 5.74) is 8.41. The van der Waals surface area contributed by atoms with Crippen molar-refractivity contribution in [1.82, 2.24) is 9.55 Å². The quantitative estimate of drug-likeness (QED) is 0.209. The molecule has 0 fully saturated rings. The molecule has 2 aromatic heterocycles. The fourth-order valence-electron chi connectivity index (χ4n) is 7.13. The first-order chi connectivity index (χ1) is 20.8. The Labute approximate surface area is 245 Å². The summed E-state index contributed by atoms with van der Waals surface area (Å²) in [6.07, 6.45) is 0. The highest BCUT2D eigenvalue weighted by Gasteiger charge is 2.28. The Hall–Kier alpha value is -5.25. The maximum Gasteiger partial charge on any atom is 0.124 e. The second kappa shape index (κ2) is 8.16. The maximum atomic E-state index is 5.24. The molecule has 10 rings (SSSR count). The van der Waals surface area contributed by atoms with Crippen molar-refractivity contribution in [2.45, 2.75) is 0 Å². The third kappa shape index (κ3) is 2.90. The highest BCUT2D eigenvalue weighted by molar-refractivity contribution is 7.19. The van der Waals surface area contributed by atoms with Gasteiger partial charge in [0.05, 0.1) is 21.6 Å². The van der Waals surface area contributed by atoms with Gasteiger partial charge in [-0.15, -0.1) is 11.3 Å². The van der Waals surface area contributed by atoms with Crippen molar-refractivity contribution in [2.75, 3.05) is 0 Å². The van der Waals surface area contributed by atoms with Crippen LogP contribution in [0.2, 0.25) is 0 Å². The second-order valence-electron chi connectivity index (χ2n) is 11.2. The molecule has 1 aliphatic carbocycles. The molecule has 3 heteroatoms. The average molecular weight is 551 g/mol. The fourth-order valence-corrected chi connectivity index (χ4v) is 8.25. The Bertz CT molecular complexity index is 2480. The van der Waals surface area contributed by atoms with Gasteiger partial charge in [0.25, 0.3) is 0 Å². The first-order valence-electron chi connectivity index (χ1n) is 14.3. The predicted octanol–water partition coefficient (Wildman–Crippen LogP) is 11.0.